The summed E-state index contributed by atoms with van der Waals surface area (Å²) < 4.78 is 15.2. The van der Waals surface area contributed by atoms with Crippen LogP contribution >= 0.6 is 0 Å². The Labute approximate surface area is 319 Å². The van der Waals surface area contributed by atoms with Crippen LogP contribution in [0.5, 0.6) is 0 Å². The molecule has 2 aliphatic rings. The van der Waals surface area contributed by atoms with Crippen molar-refractivity contribution >= 4 is 24.0 Å². The van der Waals surface area contributed by atoms with Crippen LogP contribution in [-0.2, 0) is 23.8 Å². The first kappa shape index (κ1) is 38.8. The standard InChI is InChI=1S/C40H48N8O7/c1-23(2)33(45-39(51)53-5)37(49)47-17-7-8-31(47)35-41-20-29(43-35)27-13-9-25(10-14-27)26-11-15-28(16-12-26)30-21-42-36(44-30)32-22-55-19-18-48(32)38(50)34(24(3)4)46-40(52)54-6/h7-16,20-21,23-24,31-34H,17-19,22H2,1-6H3,(H,41,43)(H,42,44)(H,45,51)(H,46,52)/t31-,32-,33-,34?/m0/s1. The van der Waals surface area contributed by atoms with Gasteiger partial charge in [-0.2, -0.15) is 0 Å². The molecule has 4 heterocycles. The number of benzene rings is 2. The summed E-state index contributed by atoms with van der Waals surface area (Å²) in [6, 6.07) is 13.9. The third-order valence-corrected chi connectivity index (χ3v) is 9.92. The Morgan fingerprint density at radius 1 is 0.727 bits per heavy atom. The highest BCUT2D eigenvalue weighted by atomic mass is 16.5. The van der Waals surface area contributed by atoms with Gasteiger partial charge in [0.25, 0.3) is 0 Å². The average molecular weight is 753 g/mol. The van der Waals surface area contributed by atoms with Crippen molar-refractivity contribution in [1.29, 1.82) is 0 Å². The molecule has 1 saturated heterocycles. The van der Waals surface area contributed by atoms with Gasteiger partial charge in [0.1, 0.15) is 35.8 Å². The molecule has 6 rings (SSSR count). The average Bonchev–Trinajstić information content (AvgIpc) is 4.00. The van der Waals surface area contributed by atoms with Gasteiger partial charge in [-0.05, 0) is 23.0 Å². The number of amides is 4. The number of aromatic amines is 2. The maximum absolute atomic E-state index is 13.6. The van der Waals surface area contributed by atoms with Gasteiger partial charge in [0.15, 0.2) is 0 Å². The molecule has 4 atom stereocenters. The number of H-pyrrole nitrogens is 2. The van der Waals surface area contributed by atoms with E-state index in [9.17, 15) is 19.2 Å². The second kappa shape index (κ2) is 17.0. The van der Waals surface area contributed by atoms with E-state index < -0.39 is 36.4 Å². The summed E-state index contributed by atoms with van der Waals surface area (Å²) in [6.07, 6.45) is 6.20. The molecule has 55 heavy (non-hydrogen) atoms. The van der Waals surface area contributed by atoms with Crippen molar-refractivity contribution in [1.82, 2.24) is 40.4 Å². The van der Waals surface area contributed by atoms with Crippen molar-refractivity contribution in [3.63, 3.8) is 0 Å². The molecule has 15 heteroatoms. The molecule has 290 valence electrons. The molecule has 0 bridgehead atoms. The van der Waals surface area contributed by atoms with Crippen LogP contribution in [0, 0.1) is 11.8 Å². The molecule has 15 nitrogen and oxygen atoms in total. The molecule has 4 amide bonds. The van der Waals surface area contributed by atoms with E-state index in [2.05, 4.69) is 20.6 Å². The van der Waals surface area contributed by atoms with Gasteiger partial charge in [-0.3, -0.25) is 9.59 Å². The number of methoxy groups -OCH3 is 2. The highest BCUT2D eigenvalue weighted by Gasteiger charge is 2.37. The van der Waals surface area contributed by atoms with Crippen LogP contribution in [0.3, 0.4) is 0 Å². The molecule has 0 radical (unpaired) electrons. The van der Waals surface area contributed by atoms with E-state index in [4.69, 9.17) is 24.2 Å². The number of rotatable bonds is 11. The van der Waals surface area contributed by atoms with Crippen molar-refractivity contribution in [2.45, 2.75) is 51.9 Å². The van der Waals surface area contributed by atoms with Gasteiger partial charge in [0.2, 0.25) is 11.8 Å². The fraction of sp³-hybridized carbons (Fsp3) is 0.400. The number of imidazole rings is 2. The summed E-state index contributed by atoms with van der Waals surface area (Å²) >= 11 is 0. The fourth-order valence-electron chi connectivity index (χ4n) is 6.79. The molecular formula is C40H48N8O7. The van der Waals surface area contributed by atoms with Crippen molar-refractivity contribution in [2.24, 2.45) is 11.8 Å². The van der Waals surface area contributed by atoms with Crippen LogP contribution in [-0.4, -0.2) is 106 Å². The van der Waals surface area contributed by atoms with Gasteiger partial charge in [0, 0.05) is 36.6 Å². The van der Waals surface area contributed by atoms with Gasteiger partial charge in [-0.15, -0.1) is 0 Å². The van der Waals surface area contributed by atoms with Crippen LogP contribution in [0.2, 0.25) is 0 Å². The molecule has 2 aromatic heterocycles. The van der Waals surface area contributed by atoms with Gasteiger partial charge in [-0.1, -0.05) is 88.4 Å². The minimum absolute atomic E-state index is 0.137. The van der Waals surface area contributed by atoms with E-state index in [1.165, 1.54) is 14.2 Å². The van der Waals surface area contributed by atoms with Crippen LogP contribution in [0.1, 0.15) is 51.4 Å². The van der Waals surface area contributed by atoms with Crippen molar-refractivity contribution < 1.29 is 33.4 Å². The van der Waals surface area contributed by atoms with Gasteiger partial charge < -0.3 is 44.6 Å². The van der Waals surface area contributed by atoms with E-state index in [1.807, 2.05) is 101 Å². The number of morpholine rings is 1. The molecule has 2 aromatic carbocycles. The number of ether oxygens (including phenoxy) is 3. The first-order valence-electron chi connectivity index (χ1n) is 18.3. The SMILES string of the molecule is COC(=O)NC(C(=O)N1CCOC[C@H]1c1nc(-c2ccc(-c3ccc(-c4c[nH]c([C@@H]5C=CCN5C(=O)[C@@H](NC(=O)OC)C(C)C)n4)cc3)cc2)c[nH]1)C(C)C. The highest BCUT2D eigenvalue weighted by Crippen LogP contribution is 2.31. The van der Waals surface area contributed by atoms with E-state index in [0.29, 0.717) is 31.3 Å². The second-order valence-corrected chi connectivity index (χ2v) is 14.2. The quantitative estimate of drug-likeness (QED) is 0.149. The number of alkyl carbamates (subject to hydrolysis) is 2. The normalized spacial score (nSPS) is 18.0. The van der Waals surface area contributed by atoms with Crippen LogP contribution < -0.4 is 10.6 Å². The molecule has 0 saturated carbocycles. The predicted molar refractivity (Wildman–Crippen MR) is 204 cm³/mol. The Morgan fingerprint density at radius 3 is 1.71 bits per heavy atom. The summed E-state index contributed by atoms with van der Waals surface area (Å²) in [5.74, 6) is 0.517. The van der Waals surface area contributed by atoms with Crippen LogP contribution in [0.25, 0.3) is 33.6 Å². The Morgan fingerprint density at radius 2 is 1.20 bits per heavy atom. The largest absolute Gasteiger partial charge is 0.453 e. The smallest absolute Gasteiger partial charge is 0.407 e. The molecule has 2 aliphatic heterocycles. The monoisotopic (exact) mass is 752 g/mol. The first-order chi connectivity index (χ1) is 26.5. The number of nitrogens with zero attached hydrogens (tertiary/aromatic N) is 4. The molecule has 1 fully saturated rings. The number of carbonyl (C=O) groups excluding carboxylic acids is 4. The molecule has 0 aliphatic carbocycles. The lowest BCUT2D eigenvalue weighted by Crippen LogP contribution is -2.54. The Bertz CT molecular complexity index is 2000. The first-order valence-corrected chi connectivity index (χ1v) is 18.3. The predicted octanol–water partition coefficient (Wildman–Crippen LogP) is 5.23. The van der Waals surface area contributed by atoms with E-state index in [-0.39, 0.29) is 30.3 Å². The number of carbonyl (C=O) groups is 4. The van der Waals surface area contributed by atoms with E-state index in [1.54, 1.807) is 9.80 Å². The lowest BCUT2D eigenvalue weighted by Gasteiger charge is -2.37. The van der Waals surface area contributed by atoms with E-state index in [0.717, 1.165) is 33.6 Å². The number of hydrogen-bond donors (Lipinski definition) is 4. The van der Waals surface area contributed by atoms with Crippen molar-refractivity contribution in [3.05, 3.63) is 84.7 Å². The summed E-state index contributed by atoms with van der Waals surface area (Å²) in [5.41, 5.74) is 5.34. The molecule has 0 spiro atoms. The minimum Gasteiger partial charge on any atom is -0.453 e. The third kappa shape index (κ3) is 8.56. The summed E-state index contributed by atoms with van der Waals surface area (Å²) in [4.78, 5) is 70.5. The maximum atomic E-state index is 13.6. The van der Waals surface area contributed by atoms with Crippen LogP contribution in [0.4, 0.5) is 9.59 Å². The van der Waals surface area contributed by atoms with Crippen molar-refractivity contribution in [3.8, 4) is 33.6 Å². The third-order valence-electron chi connectivity index (χ3n) is 9.92. The zero-order valence-electron chi connectivity index (χ0n) is 31.9. The number of hydrogen-bond acceptors (Lipinski definition) is 9. The van der Waals surface area contributed by atoms with Crippen molar-refractivity contribution in [2.75, 3.05) is 40.5 Å². The molecule has 4 aromatic rings. The molecule has 1 unspecified atom stereocenters. The minimum atomic E-state index is -0.750. The zero-order chi connectivity index (χ0) is 39.2. The van der Waals surface area contributed by atoms with Gasteiger partial charge in [0.05, 0.1) is 38.8 Å². The molecule has 4 N–H and O–H groups in total. The van der Waals surface area contributed by atoms with E-state index >= 15 is 0 Å². The van der Waals surface area contributed by atoms with Gasteiger partial charge in [-0.25, -0.2) is 19.6 Å². The maximum Gasteiger partial charge on any atom is 0.407 e. The number of nitrogens with one attached hydrogen (secondary N) is 4. The molecular weight excluding hydrogens is 704 g/mol. The number of aromatic nitrogens is 4. The summed E-state index contributed by atoms with van der Waals surface area (Å²) in [6.45, 7) is 8.94. The lowest BCUT2D eigenvalue weighted by molar-refractivity contribution is -0.143. The van der Waals surface area contributed by atoms with Gasteiger partial charge >= 0.3 is 12.2 Å². The lowest BCUT2D eigenvalue weighted by atomic mass is 10.0. The summed E-state index contributed by atoms with van der Waals surface area (Å²) in [5, 5.41) is 5.33. The zero-order valence-corrected chi connectivity index (χ0v) is 31.9. The Hall–Kier alpha value is -5.96. The fourth-order valence-corrected chi connectivity index (χ4v) is 6.79. The Kier molecular flexibility index (Phi) is 12.0. The highest BCUT2D eigenvalue weighted by molar-refractivity contribution is 5.87. The Balaban J connectivity index is 1.12. The second-order valence-electron chi connectivity index (χ2n) is 14.2. The van der Waals surface area contributed by atoms with Crippen LogP contribution in [0.15, 0.2) is 73.1 Å². The summed E-state index contributed by atoms with van der Waals surface area (Å²) in [7, 11) is 2.54. The topological polar surface area (TPSA) is 184 Å².